The molecule has 5 rings (SSSR count). The number of anilines is 2. The second kappa shape index (κ2) is 14.0. The molecule has 1 aliphatic rings. The van der Waals surface area contributed by atoms with Gasteiger partial charge < -0.3 is 15.4 Å². The lowest BCUT2D eigenvalue weighted by molar-refractivity contribution is -0.274. The minimum absolute atomic E-state index is 0.155. The number of carbonyl (C=O) groups excluding carboxylic acids is 2. The molecular formula is C36H40F3N5O3. The van der Waals surface area contributed by atoms with Crippen LogP contribution in [0.2, 0.25) is 0 Å². The minimum atomic E-state index is -4.81. The summed E-state index contributed by atoms with van der Waals surface area (Å²) in [4.78, 5) is 26.7. The average Bonchev–Trinajstić information content (AvgIpc) is 3.44. The second-order valence-electron chi connectivity index (χ2n) is 13.0. The van der Waals surface area contributed by atoms with E-state index in [0.717, 1.165) is 60.6 Å². The van der Waals surface area contributed by atoms with E-state index < -0.39 is 12.4 Å². The number of benzene rings is 3. The molecule has 0 saturated carbocycles. The SMILES string of the molecule is Cc1ccc(-n2nc(C(C)(C)C)cc2NC(=O)Nc2cccc(C(CC(=O)c3ccc(OC(F)(F)F)cc3)C3CCNCC3)c2)cc1. The van der Waals surface area contributed by atoms with Crippen molar-refractivity contribution in [3.05, 3.63) is 101 Å². The molecule has 0 bridgehead atoms. The lowest BCUT2D eigenvalue weighted by Crippen LogP contribution is -2.31. The summed E-state index contributed by atoms with van der Waals surface area (Å²) in [5.41, 5.74) is 4.30. The third-order valence-electron chi connectivity index (χ3n) is 8.34. The molecule has 1 aromatic heterocycles. The van der Waals surface area contributed by atoms with Crippen LogP contribution >= 0.6 is 0 Å². The Labute approximate surface area is 272 Å². The van der Waals surface area contributed by atoms with E-state index in [2.05, 4.69) is 41.5 Å². The first-order valence-corrected chi connectivity index (χ1v) is 15.7. The van der Waals surface area contributed by atoms with Gasteiger partial charge in [-0.25, -0.2) is 9.48 Å². The second-order valence-corrected chi connectivity index (χ2v) is 13.0. The van der Waals surface area contributed by atoms with Crippen LogP contribution in [0, 0.1) is 12.8 Å². The molecule has 0 radical (unpaired) electrons. The zero-order chi connectivity index (χ0) is 33.8. The highest BCUT2D eigenvalue weighted by Crippen LogP contribution is 2.36. The van der Waals surface area contributed by atoms with Gasteiger partial charge in [-0.3, -0.25) is 10.1 Å². The Balaban J connectivity index is 1.34. The smallest absolute Gasteiger partial charge is 0.406 e. The topological polar surface area (TPSA) is 97.3 Å². The fraction of sp³-hybridized carbons (Fsp3) is 0.361. The average molecular weight is 648 g/mol. The molecule has 1 atom stereocenters. The molecule has 1 saturated heterocycles. The number of nitrogens with one attached hydrogen (secondary N) is 3. The molecule has 47 heavy (non-hydrogen) atoms. The molecule has 0 spiro atoms. The van der Waals surface area contributed by atoms with E-state index >= 15 is 0 Å². The standard InChI is InChI=1S/C36H40F3N5O3/c1-23-8-12-28(13-9-23)44-33(22-32(43-44)35(2,3)4)42-34(46)41-27-7-5-6-26(20-27)30(24-16-18-40-19-17-24)21-31(45)25-10-14-29(15-11-25)47-36(37,38)39/h5-15,20,22,24,30,40H,16-19,21H2,1-4H3,(H2,41,42,46). The van der Waals surface area contributed by atoms with Crippen LogP contribution in [0.25, 0.3) is 5.69 Å². The molecule has 1 unspecified atom stereocenters. The first kappa shape index (κ1) is 33.7. The van der Waals surface area contributed by atoms with E-state index in [1.807, 2.05) is 55.5 Å². The van der Waals surface area contributed by atoms with Gasteiger partial charge in [-0.15, -0.1) is 13.2 Å². The highest BCUT2D eigenvalue weighted by atomic mass is 19.4. The Morgan fingerprint density at radius 3 is 2.28 bits per heavy atom. The zero-order valence-corrected chi connectivity index (χ0v) is 26.9. The minimum Gasteiger partial charge on any atom is -0.406 e. The molecule has 8 nitrogen and oxygen atoms in total. The molecule has 0 aliphatic carbocycles. The van der Waals surface area contributed by atoms with Gasteiger partial charge in [-0.2, -0.15) is 5.10 Å². The maximum Gasteiger partial charge on any atom is 0.573 e. The van der Waals surface area contributed by atoms with Crippen molar-refractivity contribution in [3.63, 3.8) is 0 Å². The number of ether oxygens (including phenoxy) is 1. The Kier molecular flexibility index (Phi) is 10.0. The number of Topliss-reactive ketones (excluding diaryl/α,β-unsaturated/α-hetero) is 1. The number of halogens is 3. The largest absolute Gasteiger partial charge is 0.573 e. The van der Waals surface area contributed by atoms with Crippen LogP contribution in [-0.2, 0) is 5.41 Å². The Bertz CT molecular complexity index is 1690. The van der Waals surface area contributed by atoms with E-state index in [-0.39, 0.29) is 35.2 Å². The molecule has 2 heterocycles. The van der Waals surface area contributed by atoms with Gasteiger partial charge >= 0.3 is 12.4 Å². The fourth-order valence-corrected chi connectivity index (χ4v) is 5.81. The highest BCUT2D eigenvalue weighted by molar-refractivity contribution is 5.99. The van der Waals surface area contributed by atoms with Gasteiger partial charge in [0, 0.05) is 29.2 Å². The van der Waals surface area contributed by atoms with Crippen LogP contribution in [0.15, 0.2) is 78.9 Å². The lowest BCUT2D eigenvalue weighted by atomic mass is 9.77. The third-order valence-corrected chi connectivity index (χ3v) is 8.34. The summed E-state index contributed by atoms with van der Waals surface area (Å²) >= 11 is 0. The molecule has 1 aliphatic heterocycles. The predicted octanol–water partition coefficient (Wildman–Crippen LogP) is 8.38. The number of amides is 2. The first-order chi connectivity index (χ1) is 22.2. The van der Waals surface area contributed by atoms with E-state index in [0.29, 0.717) is 17.1 Å². The van der Waals surface area contributed by atoms with Gasteiger partial charge in [-0.05, 0) is 98.8 Å². The first-order valence-electron chi connectivity index (χ1n) is 15.7. The van der Waals surface area contributed by atoms with E-state index in [1.165, 1.54) is 12.1 Å². The summed E-state index contributed by atoms with van der Waals surface area (Å²) < 4.78 is 43.5. The molecule has 11 heteroatoms. The van der Waals surface area contributed by atoms with Crippen molar-refractivity contribution in [1.82, 2.24) is 15.1 Å². The summed E-state index contributed by atoms with van der Waals surface area (Å²) in [6.45, 7) is 9.84. The van der Waals surface area contributed by atoms with Gasteiger partial charge in [0.15, 0.2) is 5.78 Å². The van der Waals surface area contributed by atoms with Crippen molar-refractivity contribution in [3.8, 4) is 11.4 Å². The number of nitrogens with zero attached hydrogens (tertiary/aromatic N) is 2. The number of alkyl halides is 3. The van der Waals surface area contributed by atoms with E-state index in [9.17, 15) is 22.8 Å². The summed E-state index contributed by atoms with van der Waals surface area (Å²) in [7, 11) is 0. The number of rotatable bonds is 9. The van der Waals surface area contributed by atoms with Gasteiger partial charge in [0.05, 0.1) is 11.4 Å². The van der Waals surface area contributed by atoms with Crippen molar-refractivity contribution in [1.29, 1.82) is 0 Å². The number of aromatic nitrogens is 2. The van der Waals surface area contributed by atoms with Crippen LogP contribution in [-0.4, -0.2) is 41.0 Å². The van der Waals surface area contributed by atoms with Crippen molar-refractivity contribution in [2.45, 2.75) is 64.7 Å². The van der Waals surface area contributed by atoms with E-state index in [1.54, 1.807) is 10.7 Å². The maximum atomic E-state index is 13.4. The maximum absolute atomic E-state index is 13.4. The van der Waals surface area contributed by atoms with Crippen molar-refractivity contribution >= 4 is 23.3 Å². The number of piperidine rings is 1. The normalized spacial score (nSPS) is 14.8. The van der Waals surface area contributed by atoms with Gasteiger partial charge in [0.1, 0.15) is 11.6 Å². The van der Waals surface area contributed by atoms with E-state index in [4.69, 9.17) is 5.10 Å². The number of aryl methyl sites for hydroxylation is 1. The highest BCUT2D eigenvalue weighted by Gasteiger charge is 2.32. The number of hydrogen-bond donors (Lipinski definition) is 3. The molecule has 3 N–H and O–H groups in total. The third kappa shape index (κ3) is 9.00. The molecule has 248 valence electrons. The van der Waals surface area contributed by atoms with Crippen LogP contribution in [0.4, 0.5) is 29.5 Å². The quantitative estimate of drug-likeness (QED) is 0.159. The summed E-state index contributed by atoms with van der Waals surface area (Å²) in [6, 6.07) is 21.8. The Hall–Kier alpha value is -4.64. The monoisotopic (exact) mass is 647 g/mol. The van der Waals surface area contributed by atoms with Crippen molar-refractivity contribution in [2.75, 3.05) is 23.7 Å². The summed E-state index contributed by atoms with van der Waals surface area (Å²) in [5.74, 6) is 0.0200. The zero-order valence-electron chi connectivity index (χ0n) is 26.9. The van der Waals surface area contributed by atoms with Crippen LogP contribution in [0.1, 0.15) is 73.1 Å². The molecular weight excluding hydrogens is 607 g/mol. The Morgan fingerprint density at radius 1 is 0.957 bits per heavy atom. The van der Waals surface area contributed by atoms with Crippen molar-refractivity contribution in [2.24, 2.45) is 5.92 Å². The number of ketones is 1. The summed E-state index contributed by atoms with van der Waals surface area (Å²) in [6.07, 6.45) is -2.90. The molecule has 2 amide bonds. The number of hydrogen-bond acceptors (Lipinski definition) is 5. The molecule has 4 aromatic rings. The van der Waals surface area contributed by atoms with Gasteiger partial charge in [0.2, 0.25) is 0 Å². The Morgan fingerprint density at radius 2 is 1.64 bits per heavy atom. The number of carbonyl (C=O) groups is 2. The van der Waals surface area contributed by atoms with Crippen LogP contribution in [0.5, 0.6) is 5.75 Å². The van der Waals surface area contributed by atoms with Gasteiger partial charge in [0.25, 0.3) is 0 Å². The number of urea groups is 1. The molecule has 3 aromatic carbocycles. The van der Waals surface area contributed by atoms with Crippen LogP contribution < -0.4 is 20.7 Å². The van der Waals surface area contributed by atoms with Crippen LogP contribution in [0.3, 0.4) is 0 Å². The predicted molar refractivity (Wildman–Crippen MR) is 176 cm³/mol. The lowest BCUT2D eigenvalue weighted by Gasteiger charge is -2.31. The summed E-state index contributed by atoms with van der Waals surface area (Å²) in [5, 5.41) is 14.0. The van der Waals surface area contributed by atoms with Gasteiger partial charge in [-0.1, -0.05) is 50.6 Å². The van der Waals surface area contributed by atoms with Crippen molar-refractivity contribution < 1.29 is 27.5 Å². The molecule has 1 fully saturated rings. The fourth-order valence-electron chi connectivity index (χ4n) is 5.81.